The highest BCUT2D eigenvalue weighted by Crippen LogP contribution is 2.33. The zero-order chi connectivity index (χ0) is 21.3. The minimum atomic E-state index is 0.142. The predicted octanol–water partition coefficient (Wildman–Crippen LogP) is 4.46. The maximum Gasteiger partial charge on any atom is 0.191 e. The second-order valence-corrected chi connectivity index (χ2v) is 8.58. The number of rotatable bonds is 7. The first-order valence-corrected chi connectivity index (χ1v) is 11.1. The lowest BCUT2D eigenvalue weighted by molar-refractivity contribution is -0.0265. The first-order valence-electron chi connectivity index (χ1n) is 11.1. The Morgan fingerprint density at radius 1 is 1.20 bits per heavy atom. The maximum absolute atomic E-state index is 6.16. The summed E-state index contributed by atoms with van der Waals surface area (Å²) in [7, 11) is 1.83. The van der Waals surface area contributed by atoms with Crippen molar-refractivity contribution in [1.29, 1.82) is 0 Å². The van der Waals surface area contributed by atoms with Gasteiger partial charge in [0.15, 0.2) is 5.96 Å². The smallest absolute Gasteiger partial charge is 0.191 e. The summed E-state index contributed by atoms with van der Waals surface area (Å²) in [6.07, 6.45) is 6.20. The van der Waals surface area contributed by atoms with Crippen molar-refractivity contribution in [3.05, 3.63) is 65.5 Å². The van der Waals surface area contributed by atoms with E-state index < -0.39 is 0 Å². The zero-order valence-corrected chi connectivity index (χ0v) is 18.8. The second-order valence-electron chi connectivity index (χ2n) is 8.58. The lowest BCUT2D eigenvalue weighted by Gasteiger charge is -2.33. The maximum atomic E-state index is 6.16. The lowest BCUT2D eigenvalue weighted by atomic mass is 9.89. The van der Waals surface area contributed by atoms with Gasteiger partial charge in [-0.1, -0.05) is 49.7 Å². The number of pyridine rings is 1. The molecular formula is C25H36N4O. The summed E-state index contributed by atoms with van der Waals surface area (Å²) >= 11 is 0. The molecule has 1 aromatic carbocycles. The van der Waals surface area contributed by atoms with Crippen LogP contribution in [0, 0.1) is 18.8 Å². The van der Waals surface area contributed by atoms with Gasteiger partial charge in [0.25, 0.3) is 0 Å². The molecule has 162 valence electrons. The van der Waals surface area contributed by atoms with Gasteiger partial charge in [-0.05, 0) is 42.9 Å². The molecule has 0 radical (unpaired) electrons. The van der Waals surface area contributed by atoms with Crippen molar-refractivity contribution in [2.75, 3.05) is 26.7 Å². The van der Waals surface area contributed by atoms with Gasteiger partial charge in [0.05, 0.1) is 6.10 Å². The Balaban J connectivity index is 1.57. The van der Waals surface area contributed by atoms with E-state index in [0.717, 1.165) is 38.5 Å². The van der Waals surface area contributed by atoms with Crippen LogP contribution in [0.5, 0.6) is 0 Å². The predicted molar refractivity (Wildman–Crippen MR) is 124 cm³/mol. The van der Waals surface area contributed by atoms with Gasteiger partial charge in [-0.15, -0.1) is 0 Å². The Morgan fingerprint density at radius 3 is 2.67 bits per heavy atom. The van der Waals surface area contributed by atoms with Gasteiger partial charge >= 0.3 is 0 Å². The second kappa shape index (κ2) is 11.1. The Bertz CT molecular complexity index is 789. The zero-order valence-electron chi connectivity index (χ0n) is 18.8. The van der Waals surface area contributed by atoms with Crippen LogP contribution in [0.1, 0.15) is 55.4 Å². The highest BCUT2D eigenvalue weighted by Gasteiger charge is 2.27. The van der Waals surface area contributed by atoms with E-state index in [2.05, 4.69) is 71.7 Å². The Morgan fingerprint density at radius 2 is 2.00 bits per heavy atom. The van der Waals surface area contributed by atoms with Gasteiger partial charge in [0.2, 0.25) is 0 Å². The quantitative estimate of drug-likeness (QED) is 0.524. The van der Waals surface area contributed by atoms with Gasteiger partial charge in [-0.2, -0.15) is 0 Å². The number of guanidine groups is 1. The van der Waals surface area contributed by atoms with Crippen LogP contribution in [0.25, 0.3) is 0 Å². The van der Waals surface area contributed by atoms with Crippen molar-refractivity contribution in [3.63, 3.8) is 0 Å². The van der Waals surface area contributed by atoms with E-state index in [4.69, 9.17) is 4.74 Å². The first kappa shape index (κ1) is 22.3. The fourth-order valence-electron chi connectivity index (χ4n) is 4.17. The molecule has 2 aromatic rings. The summed E-state index contributed by atoms with van der Waals surface area (Å²) in [5.41, 5.74) is 3.81. The average molecular weight is 409 g/mol. The summed E-state index contributed by atoms with van der Waals surface area (Å²) in [6, 6.07) is 12.9. The van der Waals surface area contributed by atoms with Crippen LogP contribution in [-0.2, 0) is 4.74 Å². The van der Waals surface area contributed by atoms with Gasteiger partial charge in [0, 0.05) is 51.0 Å². The average Bonchev–Trinajstić information content (AvgIpc) is 2.77. The van der Waals surface area contributed by atoms with Crippen LogP contribution in [0.15, 0.2) is 53.8 Å². The van der Waals surface area contributed by atoms with E-state index in [1.165, 1.54) is 16.7 Å². The number of aliphatic imine (C=N–C) groups is 1. The molecule has 1 aromatic heterocycles. The number of ether oxygens (including phenoxy) is 1. The van der Waals surface area contributed by atoms with Gasteiger partial charge in [-0.25, -0.2) is 0 Å². The molecule has 30 heavy (non-hydrogen) atoms. The van der Waals surface area contributed by atoms with E-state index >= 15 is 0 Å². The summed E-state index contributed by atoms with van der Waals surface area (Å²) in [5, 5.41) is 7.06. The SMILES string of the molecule is CN=C(NCC1CCCOC1c1ccc(C)cc1)NCC(c1cccnc1)C(C)C. The molecule has 0 saturated carbocycles. The van der Waals surface area contributed by atoms with Crippen molar-refractivity contribution >= 4 is 5.96 Å². The number of aryl methyl sites for hydroxylation is 1. The Kier molecular flexibility index (Phi) is 8.26. The number of hydrogen-bond donors (Lipinski definition) is 2. The first-order chi connectivity index (χ1) is 14.6. The van der Waals surface area contributed by atoms with Crippen molar-refractivity contribution in [2.45, 2.75) is 45.6 Å². The molecule has 5 heteroatoms. The topological polar surface area (TPSA) is 58.5 Å². The fraction of sp³-hybridized carbons (Fsp3) is 0.520. The third-order valence-corrected chi connectivity index (χ3v) is 6.01. The molecule has 0 spiro atoms. The molecule has 1 fully saturated rings. The van der Waals surface area contributed by atoms with Crippen molar-refractivity contribution in [1.82, 2.24) is 15.6 Å². The summed E-state index contributed by atoms with van der Waals surface area (Å²) < 4.78 is 6.16. The van der Waals surface area contributed by atoms with E-state index in [1.54, 1.807) is 0 Å². The molecule has 3 atom stereocenters. The van der Waals surface area contributed by atoms with Crippen LogP contribution in [0.3, 0.4) is 0 Å². The highest BCUT2D eigenvalue weighted by molar-refractivity contribution is 5.79. The summed E-state index contributed by atoms with van der Waals surface area (Å²) in [6.45, 7) is 9.13. The largest absolute Gasteiger partial charge is 0.373 e. The molecule has 0 bridgehead atoms. The van der Waals surface area contributed by atoms with E-state index in [9.17, 15) is 0 Å². The molecule has 3 rings (SSSR count). The number of nitrogens with one attached hydrogen (secondary N) is 2. The molecule has 2 heterocycles. The van der Waals surface area contributed by atoms with Crippen molar-refractivity contribution < 1.29 is 4.74 Å². The number of nitrogens with zero attached hydrogens (tertiary/aromatic N) is 2. The van der Waals surface area contributed by atoms with E-state index in [1.807, 2.05) is 25.5 Å². The molecule has 1 aliphatic heterocycles. The van der Waals surface area contributed by atoms with Crippen LogP contribution >= 0.6 is 0 Å². The number of hydrogen-bond acceptors (Lipinski definition) is 3. The molecule has 5 nitrogen and oxygen atoms in total. The van der Waals surface area contributed by atoms with E-state index in [-0.39, 0.29) is 6.10 Å². The molecular weight excluding hydrogens is 372 g/mol. The van der Waals surface area contributed by atoms with E-state index in [0.29, 0.717) is 17.8 Å². The fourth-order valence-corrected chi connectivity index (χ4v) is 4.17. The Hall–Kier alpha value is -2.40. The molecule has 0 aliphatic carbocycles. The standard InChI is InChI=1S/C25H36N4O/c1-18(2)23(21-7-5-13-27-15-21)17-29-25(26-4)28-16-22-8-6-14-30-24(22)20-11-9-19(3)10-12-20/h5,7,9-13,15,18,22-24H,6,8,14,16-17H2,1-4H3,(H2,26,28,29). The van der Waals surface area contributed by atoms with Crippen molar-refractivity contribution in [2.24, 2.45) is 16.8 Å². The van der Waals surface area contributed by atoms with Crippen molar-refractivity contribution in [3.8, 4) is 0 Å². The van der Waals surface area contributed by atoms with Gasteiger partial charge < -0.3 is 15.4 Å². The normalized spacial score (nSPS) is 20.8. The van der Waals surface area contributed by atoms with Crippen LogP contribution in [-0.4, -0.2) is 37.7 Å². The summed E-state index contributed by atoms with van der Waals surface area (Å²) in [4.78, 5) is 8.73. The Labute approximate surface area is 181 Å². The lowest BCUT2D eigenvalue weighted by Crippen LogP contribution is -2.43. The molecule has 0 amide bonds. The van der Waals surface area contributed by atoms with Crippen LogP contribution < -0.4 is 10.6 Å². The number of benzene rings is 1. The summed E-state index contributed by atoms with van der Waals surface area (Å²) in [5.74, 6) is 2.17. The third kappa shape index (κ3) is 6.05. The van der Waals surface area contributed by atoms with Gasteiger partial charge in [0.1, 0.15) is 0 Å². The van der Waals surface area contributed by atoms with Crippen LogP contribution in [0.4, 0.5) is 0 Å². The van der Waals surface area contributed by atoms with Gasteiger partial charge in [-0.3, -0.25) is 9.98 Å². The third-order valence-electron chi connectivity index (χ3n) is 6.01. The molecule has 3 unspecified atom stereocenters. The monoisotopic (exact) mass is 408 g/mol. The minimum absolute atomic E-state index is 0.142. The molecule has 2 N–H and O–H groups in total. The highest BCUT2D eigenvalue weighted by atomic mass is 16.5. The molecule has 1 aliphatic rings. The molecule has 1 saturated heterocycles. The van der Waals surface area contributed by atoms with Crippen LogP contribution in [0.2, 0.25) is 0 Å². The minimum Gasteiger partial charge on any atom is -0.373 e. The number of aromatic nitrogens is 1.